The SMILES string of the molecule is COc1ccc(C(C)N/C=C(/C#N)C(=O)Nc2cc([N+](=O)[O-])ccc2Cl)cc1. The highest BCUT2D eigenvalue weighted by molar-refractivity contribution is 6.34. The van der Waals surface area contributed by atoms with Crippen molar-refractivity contribution in [3.8, 4) is 11.8 Å². The van der Waals surface area contributed by atoms with E-state index in [2.05, 4.69) is 10.6 Å². The maximum atomic E-state index is 12.3. The first-order valence-corrected chi connectivity index (χ1v) is 8.49. The van der Waals surface area contributed by atoms with Gasteiger partial charge in [-0.2, -0.15) is 5.26 Å². The van der Waals surface area contributed by atoms with E-state index in [4.69, 9.17) is 16.3 Å². The number of amides is 1. The molecular formula is C19H17ClN4O4. The second-order valence-electron chi connectivity index (χ2n) is 5.71. The summed E-state index contributed by atoms with van der Waals surface area (Å²) in [5, 5.41) is 25.6. The van der Waals surface area contributed by atoms with Gasteiger partial charge in [0.1, 0.15) is 17.4 Å². The molecule has 0 bridgehead atoms. The van der Waals surface area contributed by atoms with Gasteiger partial charge in [0.05, 0.1) is 22.7 Å². The molecule has 0 fully saturated rings. The number of benzene rings is 2. The van der Waals surface area contributed by atoms with Gasteiger partial charge < -0.3 is 15.4 Å². The zero-order chi connectivity index (χ0) is 20.7. The van der Waals surface area contributed by atoms with Crippen LogP contribution in [0.2, 0.25) is 5.02 Å². The molecule has 1 atom stereocenters. The standard InChI is InChI=1S/C19H17ClN4O4/c1-12(13-3-6-16(28-2)7-4-13)22-11-14(10-21)19(25)23-18-9-15(24(26)27)5-8-17(18)20/h3-9,11-12,22H,1-2H3,(H,23,25)/b14-11-. The number of nitriles is 1. The van der Waals surface area contributed by atoms with Crippen molar-refractivity contribution in [1.82, 2.24) is 5.32 Å². The van der Waals surface area contributed by atoms with Crippen LogP contribution in [0.5, 0.6) is 5.75 Å². The molecule has 2 rings (SSSR count). The third-order valence-corrected chi connectivity index (χ3v) is 4.20. The molecule has 28 heavy (non-hydrogen) atoms. The van der Waals surface area contributed by atoms with Gasteiger partial charge >= 0.3 is 0 Å². The predicted octanol–water partition coefficient (Wildman–Crippen LogP) is 3.95. The van der Waals surface area contributed by atoms with Crippen LogP contribution in [0, 0.1) is 21.4 Å². The number of hydrogen-bond donors (Lipinski definition) is 2. The number of nitro groups is 1. The van der Waals surface area contributed by atoms with Crippen molar-refractivity contribution in [2.24, 2.45) is 0 Å². The fourth-order valence-electron chi connectivity index (χ4n) is 2.26. The highest BCUT2D eigenvalue weighted by Crippen LogP contribution is 2.27. The van der Waals surface area contributed by atoms with Crippen LogP contribution < -0.4 is 15.4 Å². The van der Waals surface area contributed by atoms with Gasteiger partial charge in [-0.3, -0.25) is 14.9 Å². The highest BCUT2D eigenvalue weighted by Gasteiger charge is 2.15. The highest BCUT2D eigenvalue weighted by atomic mass is 35.5. The molecule has 144 valence electrons. The monoisotopic (exact) mass is 400 g/mol. The molecule has 2 aromatic rings. The summed E-state index contributed by atoms with van der Waals surface area (Å²) in [6.45, 7) is 1.86. The molecule has 2 N–H and O–H groups in total. The van der Waals surface area contributed by atoms with Crippen LogP contribution in [0.3, 0.4) is 0 Å². The maximum Gasteiger partial charge on any atom is 0.271 e. The summed E-state index contributed by atoms with van der Waals surface area (Å²) >= 11 is 5.96. The fourth-order valence-corrected chi connectivity index (χ4v) is 2.42. The molecule has 1 unspecified atom stereocenters. The van der Waals surface area contributed by atoms with Crippen LogP contribution in [0.1, 0.15) is 18.5 Å². The van der Waals surface area contributed by atoms with Crippen LogP contribution >= 0.6 is 11.6 Å². The normalized spacial score (nSPS) is 11.9. The molecule has 0 aliphatic rings. The van der Waals surface area contributed by atoms with E-state index in [0.29, 0.717) is 0 Å². The van der Waals surface area contributed by atoms with Crippen molar-refractivity contribution in [3.63, 3.8) is 0 Å². The molecular weight excluding hydrogens is 384 g/mol. The zero-order valence-corrected chi connectivity index (χ0v) is 15.9. The maximum absolute atomic E-state index is 12.3. The number of methoxy groups -OCH3 is 1. The average molecular weight is 401 g/mol. The molecule has 0 radical (unpaired) electrons. The third-order valence-electron chi connectivity index (χ3n) is 3.87. The summed E-state index contributed by atoms with van der Waals surface area (Å²) in [6.07, 6.45) is 1.29. The number of carbonyl (C=O) groups excluding carboxylic acids is 1. The van der Waals surface area contributed by atoms with Gasteiger partial charge in [0.2, 0.25) is 0 Å². The molecule has 9 heteroatoms. The molecule has 0 saturated carbocycles. The summed E-state index contributed by atoms with van der Waals surface area (Å²) in [5.41, 5.74) is 0.540. The van der Waals surface area contributed by atoms with Crippen LogP contribution in [-0.2, 0) is 4.79 Å². The molecule has 0 aromatic heterocycles. The van der Waals surface area contributed by atoms with E-state index in [-0.39, 0.29) is 28.0 Å². The summed E-state index contributed by atoms with van der Waals surface area (Å²) in [7, 11) is 1.57. The topological polar surface area (TPSA) is 117 Å². The second kappa shape index (κ2) is 9.39. The van der Waals surface area contributed by atoms with Crippen molar-refractivity contribution in [2.45, 2.75) is 13.0 Å². The number of ether oxygens (including phenoxy) is 1. The minimum Gasteiger partial charge on any atom is -0.497 e. The molecule has 2 aromatic carbocycles. The zero-order valence-electron chi connectivity index (χ0n) is 15.1. The number of non-ortho nitro benzene ring substituents is 1. The van der Waals surface area contributed by atoms with Crippen LogP contribution in [0.4, 0.5) is 11.4 Å². The van der Waals surface area contributed by atoms with Crippen molar-refractivity contribution in [2.75, 3.05) is 12.4 Å². The van der Waals surface area contributed by atoms with Crippen molar-refractivity contribution in [1.29, 1.82) is 5.26 Å². The summed E-state index contributed by atoms with van der Waals surface area (Å²) < 4.78 is 5.10. The van der Waals surface area contributed by atoms with E-state index in [9.17, 15) is 20.2 Å². The third kappa shape index (κ3) is 5.22. The molecule has 1 amide bonds. The van der Waals surface area contributed by atoms with Crippen molar-refractivity contribution in [3.05, 3.63) is 74.9 Å². The van der Waals surface area contributed by atoms with Gasteiger partial charge in [0.25, 0.3) is 11.6 Å². The van der Waals surface area contributed by atoms with Gasteiger partial charge in [-0.1, -0.05) is 23.7 Å². The summed E-state index contributed by atoms with van der Waals surface area (Å²) in [6, 6.07) is 12.6. The molecule has 0 spiro atoms. The lowest BCUT2D eigenvalue weighted by atomic mass is 10.1. The van der Waals surface area contributed by atoms with E-state index >= 15 is 0 Å². The molecule has 8 nitrogen and oxygen atoms in total. The number of rotatable bonds is 7. The van der Waals surface area contributed by atoms with Crippen LogP contribution in [-0.4, -0.2) is 17.9 Å². The number of nitrogens with one attached hydrogen (secondary N) is 2. The van der Waals surface area contributed by atoms with Gasteiger partial charge in [-0.15, -0.1) is 0 Å². The lowest BCUT2D eigenvalue weighted by Gasteiger charge is -2.13. The van der Waals surface area contributed by atoms with Gasteiger partial charge in [0, 0.05) is 24.4 Å². The largest absolute Gasteiger partial charge is 0.497 e. The van der Waals surface area contributed by atoms with E-state index in [1.54, 1.807) is 25.3 Å². The Hall–Kier alpha value is -3.57. The molecule has 0 heterocycles. The average Bonchev–Trinajstić information content (AvgIpc) is 2.69. The Morgan fingerprint density at radius 2 is 2.00 bits per heavy atom. The van der Waals surface area contributed by atoms with Gasteiger partial charge in [0.15, 0.2) is 0 Å². The van der Waals surface area contributed by atoms with E-state index < -0.39 is 10.8 Å². The van der Waals surface area contributed by atoms with Crippen LogP contribution in [0.15, 0.2) is 54.2 Å². The quantitative estimate of drug-likeness (QED) is 0.314. The first kappa shape index (κ1) is 20.7. The fraction of sp³-hybridized carbons (Fsp3) is 0.158. The van der Waals surface area contributed by atoms with Gasteiger partial charge in [-0.05, 0) is 30.7 Å². The lowest BCUT2D eigenvalue weighted by Crippen LogP contribution is -2.18. The smallest absolute Gasteiger partial charge is 0.271 e. The number of carbonyl (C=O) groups is 1. The first-order chi connectivity index (χ1) is 13.3. The number of hydrogen-bond acceptors (Lipinski definition) is 6. The van der Waals surface area contributed by atoms with E-state index in [1.807, 2.05) is 19.1 Å². The Morgan fingerprint density at radius 3 is 2.57 bits per heavy atom. The van der Waals surface area contributed by atoms with E-state index in [0.717, 1.165) is 17.4 Å². The Balaban J connectivity index is 2.11. The predicted molar refractivity (Wildman–Crippen MR) is 105 cm³/mol. The lowest BCUT2D eigenvalue weighted by molar-refractivity contribution is -0.384. The minimum atomic E-state index is -0.737. The van der Waals surface area contributed by atoms with Crippen molar-refractivity contribution >= 4 is 28.9 Å². The first-order valence-electron chi connectivity index (χ1n) is 8.11. The Labute approximate surface area is 166 Å². The van der Waals surface area contributed by atoms with Crippen molar-refractivity contribution < 1.29 is 14.5 Å². The summed E-state index contributed by atoms with van der Waals surface area (Å²) in [4.78, 5) is 22.6. The summed E-state index contributed by atoms with van der Waals surface area (Å²) in [5.74, 6) is -0.0169. The van der Waals surface area contributed by atoms with Crippen LogP contribution in [0.25, 0.3) is 0 Å². The molecule has 0 saturated heterocycles. The molecule has 0 aliphatic carbocycles. The Morgan fingerprint density at radius 1 is 1.32 bits per heavy atom. The van der Waals surface area contributed by atoms with E-state index in [1.165, 1.54) is 18.3 Å². The number of nitro benzene ring substituents is 1. The minimum absolute atomic E-state index is 0.0465. The Bertz CT molecular complexity index is 951. The number of halogens is 1. The second-order valence-corrected chi connectivity index (χ2v) is 6.11. The number of anilines is 1. The number of nitrogens with zero attached hydrogens (tertiary/aromatic N) is 2. The van der Waals surface area contributed by atoms with Gasteiger partial charge in [-0.25, -0.2) is 0 Å². The molecule has 0 aliphatic heterocycles. The Kier molecular flexibility index (Phi) is 6.96.